The summed E-state index contributed by atoms with van der Waals surface area (Å²) in [5.41, 5.74) is 2.72. The summed E-state index contributed by atoms with van der Waals surface area (Å²) in [6.07, 6.45) is 1.94. The molecule has 2 aromatic rings. The third kappa shape index (κ3) is 1.31. The van der Waals surface area contributed by atoms with E-state index >= 15 is 0 Å². The molecule has 1 aromatic heterocycles. The lowest BCUT2D eigenvalue weighted by molar-refractivity contribution is 0.415. The topological polar surface area (TPSA) is 46.3 Å². The van der Waals surface area contributed by atoms with Gasteiger partial charge in [-0.3, -0.25) is 0 Å². The van der Waals surface area contributed by atoms with E-state index in [0.29, 0.717) is 11.5 Å². The van der Waals surface area contributed by atoms with E-state index in [2.05, 4.69) is 11.6 Å². The molecule has 1 fully saturated rings. The maximum atomic E-state index is 9.29. The first-order chi connectivity index (χ1) is 7.22. The zero-order valence-corrected chi connectivity index (χ0v) is 8.23. The number of hydrogen-bond acceptors (Lipinski definition) is 3. The molecule has 0 amide bonds. The Kier molecular flexibility index (Phi) is 1.63. The minimum atomic E-state index is 0.211. The third-order valence-corrected chi connectivity index (χ3v) is 2.81. The molecule has 0 spiro atoms. The normalized spacial score (nSPS) is 16.9. The summed E-state index contributed by atoms with van der Waals surface area (Å²) in [6, 6.07) is 4.98. The summed E-state index contributed by atoms with van der Waals surface area (Å²) in [7, 11) is 0. The van der Waals surface area contributed by atoms with E-state index in [-0.39, 0.29) is 5.75 Å². The molecule has 15 heavy (non-hydrogen) atoms. The Morgan fingerprint density at radius 2 is 2.20 bits per heavy atom. The lowest BCUT2D eigenvalue weighted by Crippen LogP contribution is -2.11. The van der Waals surface area contributed by atoms with E-state index in [9.17, 15) is 5.11 Å². The average molecular weight is 201 g/mol. The smallest absolute Gasteiger partial charge is 0.199 e. The van der Waals surface area contributed by atoms with Crippen molar-refractivity contribution >= 4 is 11.1 Å². The van der Waals surface area contributed by atoms with Crippen molar-refractivity contribution < 1.29 is 9.52 Å². The van der Waals surface area contributed by atoms with Crippen molar-refractivity contribution in [3.05, 3.63) is 36.2 Å². The minimum Gasteiger partial charge on any atom is -0.508 e. The minimum absolute atomic E-state index is 0.211. The molecule has 0 aliphatic heterocycles. The number of oxazole rings is 1. The van der Waals surface area contributed by atoms with Gasteiger partial charge in [-0.15, -0.1) is 0 Å². The number of hydrogen-bond donors (Lipinski definition) is 1. The molecule has 0 radical (unpaired) electrons. The first-order valence-corrected chi connectivity index (χ1v) is 4.98. The summed E-state index contributed by atoms with van der Waals surface area (Å²) >= 11 is 0. The van der Waals surface area contributed by atoms with Crippen LogP contribution in [0.5, 0.6) is 5.75 Å². The molecule has 0 unspecified atom stereocenters. The van der Waals surface area contributed by atoms with Gasteiger partial charge >= 0.3 is 0 Å². The zero-order valence-electron chi connectivity index (χ0n) is 8.23. The molecule has 3 rings (SSSR count). The van der Waals surface area contributed by atoms with Crippen LogP contribution in [0.25, 0.3) is 11.1 Å². The van der Waals surface area contributed by atoms with Crippen LogP contribution >= 0.6 is 0 Å². The highest BCUT2D eigenvalue weighted by Crippen LogP contribution is 2.40. The van der Waals surface area contributed by atoms with Crippen molar-refractivity contribution in [2.75, 3.05) is 0 Å². The Morgan fingerprint density at radius 3 is 2.93 bits per heavy atom. The summed E-state index contributed by atoms with van der Waals surface area (Å²) < 4.78 is 5.59. The van der Waals surface area contributed by atoms with E-state index < -0.39 is 0 Å². The number of nitrogens with zero attached hydrogens (tertiary/aromatic N) is 1. The van der Waals surface area contributed by atoms with Crippen LogP contribution in [0.15, 0.2) is 34.8 Å². The molecule has 0 saturated heterocycles. The van der Waals surface area contributed by atoms with Crippen molar-refractivity contribution in [2.45, 2.75) is 18.8 Å². The Labute approximate surface area is 87.1 Å². The second-order valence-corrected chi connectivity index (χ2v) is 4.06. The molecule has 0 atom stereocenters. The highest BCUT2D eigenvalue weighted by Gasteiger charge is 2.27. The van der Waals surface area contributed by atoms with Gasteiger partial charge in [0.05, 0.1) is 0 Å². The van der Waals surface area contributed by atoms with Gasteiger partial charge in [0.25, 0.3) is 0 Å². The van der Waals surface area contributed by atoms with Crippen molar-refractivity contribution in [1.29, 1.82) is 0 Å². The van der Waals surface area contributed by atoms with Gasteiger partial charge in [-0.05, 0) is 25.0 Å². The molecule has 1 aliphatic carbocycles. The fourth-order valence-electron chi connectivity index (χ4n) is 1.92. The van der Waals surface area contributed by atoms with Crippen molar-refractivity contribution in [3.63, 3.8) is 0 Å². The number of aromatic nitrogens is 1. The van der Waals surface area contributed by atoms with Crippen molar-refractivity contribution in [3.8, 4) is 5.75 Å². The van der Waals surface area contributed by atoms with E-state index in [1.54, 1.807) is 18.2 Å². The molecule has 3 nitrogen and oxygen atoms in total. The van der Waals surface area contributed by atoms with Crippen LogP contribution in [-0.2, 0) is 0 Å². The number of aromatic hydroxyl groups is 1. The average Bonchev–Trinajstić information content (AvgIpc) is 2.55. The fraction of sp³-hybridized carbons (Fsp3) is 0.250. The maximum absolute atomic E-state index is 9.29. The van der Waals surface area contributed by atoms with Crippen LogP contribution in [-0.4, -0.2) is 10.1 Å². The standard InChI is InChI=1S/C12H11NO2/c1-7-4-8(5-7)12-13-10-3-2-9(14)6-11(10)15-12/h2-3,6,8,14H,1,4-5H2. The van der Waals surface area contributed by atoms with Gasteiger partial charge < -0.3 is 9.52 Å². The first kappa shape index (κ1) is 8.53. The summed E-state index contributed by atoms with van der Waals surface area (Å²) in [5.74, 6) is 1.36. The summed E-state index contributed by atoms with van der Waals surface area (Å²) in [5, 5.41) is 9.29. The fourth-order valence-corrected chi connectivity index (χ4v) is 1.92. The Hall–Kier alpha value is -1.77. The number of fused-ring (bicyclic) bond motifs is 1. The molecule has 0 bridgehead atoms. The SMILES string of the molecule is C=C1CC(c2nc3ccc(O)cc3o2)C1. The first-order valence-electron chi connectivity index (χ1n) is 4.98. The molecular formula is C12H11NO2. The monoisotopic (exact) mass is 201 g/mol. The molecule has 1 aromatic carbocycles. The molecule has 1 saturated carbocycles. The Morgan fingerprint density at radius 1 is 1.40 bits per heavy atom. The van der Waals surface area contributed by atoms with Gasteiger partial charge in [0, 0.05) is 12.0 Å². The van der Waals surface area contributed by atoms with Crippen LogP contribution in [0.1, 0.15) is 24.7 Å². The van der Waals surface area contributed by atoms with Crippen molar-refractivity contribution in [1.82, 2.24) is 4.98 Å². The highest BCUT2D eigenvalue weighted by atomic mass is 16.3. The lowest BCUT2D eigenvalue weighted by atomic mass is 9.81. The Bertz CT molecular complexity index is 534. The van der Waals surface area contributed by atoms with Gasteiger partial charge in [0.15, 0.2) is 11.5 Å². The van der Waals surface area contributed by atoms with E-state index in [1.807, 2.05) is 0 Å². The van der Waals surface area contributed by atoms with Crippen LogP contribution in [0, 0.1) is 0 Å². The van der Waals surface area contributed by atoms with Crippen LogP contribution in [0.3, 0.4) is 0 Å². The number of phenols is 1. The van der Waals surface area contributed by atoms with Gasteiger partial charge in [0.1, 0.15) is 11.3 Å². The second kappa shape index (κ2) is 2.86. The molecule has 1 heterocycles. The molecule has 1 N–H and O–H groups in total. The lowest BCUT2D eigenvalue weighted by Gasteiger charge is -2.24. The molecule has 76 valence electrons. The maximum Gasteiger partial charge on any atom is 0.199 e. The number of phenolic OH excluding ortho intramolecular Hbond substituents is 1. The number of benzene rings is 1. The van der Waals surface area contributed by atoms with Crippen molar-refractivity contribution in [2.24, 2.45) is 0 Å². The zero-order chi connectivity index (χ0) is 10.4. The van der Waals surface area contributed by atoms with Gasteiger partial charge in [-0.25, -0.2) is 4.98 Å². The van der Waals surface area contributed by atoms with Crippen LogP contribution < -0.4 is 0 Å². The van der Waals surface area contributed by atoms with E-state index in [1.165, 1.54) is 5.57 Å². The molecular weight excluding hydrogens is 190 g/mol. The predicted molar refractivity (Wildman–Crippen MR) is 56.8 cm³/mol. The summed E-state index contributed by atoms with van der Waals surface area (Å²) in [4.78, 5) is 4.39. The van der Waals surface area contributed by atoms with Gasteiger partial charge in [0.2, 0.25) is 0 Å². The van der Waals surface area contributed by atoms with E-state index in [4.69, 9.17) is 4.42 Å². The van der Waals surface area contributed by atoms with Crippen LogP contribution in [0.4, 0.5) is 0 Å². The van der Waals surface area contributed by atoms with E-state index in [0.717, 1.165) is 24.2 Å². The molecule has 3 heteroatoms. The number of rotatable bonds is 1. The largest absolute Gasteiger partial charge is 0.508 e. The predicted octanol–water partition coefficient (Wildman–Crippen LogP) is 2.97. The quantitative estimate of drug-likeness (QED) is 0.721. The van der Waals surface area contributed by atoms with Gasteiger partial charge in [-0.2, -0.15) is 0 Å². The van der Waals surface area contributed by atoms with Crippen LogP contribution in [0.2, 0.25) is 0 Å². The van der Waals surface area contributed by atoms with Gasteiger partial charge in [-0.1, -0.05) is 12.2 Å². The second-order valence-electron chi connectivity index (χ2n) is 4.06. The highest BCUT2D eigenvalue weighted by molar-refractivity contribution is 5.74. The molecule has 1 aliphatic rings. The third-order valence-electron chi connectivity index (χ3n) is 2.81. The number of allylic oxidation sites excluding steroid dienone is 1. The summed E-state index contributed by atoms with van der Waals surface area (Å²) in [6.45, 7) is 3.89. The Balaban J connectivity index is 2.03.